The van der Waals surface area contributed by atoms with Gasteiger partial charge in [0.2, 0.25) is 0 Å². The van der Waals surface area contributed by atoms with Gasteiger partial charge in [0.25, 0.3) is 0 Å². The molecule has 0 fully saturated rings. The topological polar surface area (TPSA) is 54.2 Å². The molecule has 1 heterocycles. The van der Waals surface area contributed by atoms with E-state index in [1.807, 2.05) is 41.2 Å². The minimum atomic E-state index is 0. The summed E-state index contributed by atoms with van der Waals surface area (Å²) in [5, 5.41) is 11.5. The Morgan fingerprint density at radius 2 is 2.08 bits per heavy atom. The second-order valence-corrected chi connectivity index (χ2v) is 6.36. The zero-order chi connectivity index (χ0) is 16.3. The first kappa shape index (κ1) is 21.1. The average molecular weight is 480 g/mol. The standard InChI is InChI=1S/C16H22ClN5S.HI/c1-2-18-16(19-9-12-22-11-3-8-21-22)20-10-13-23-15-6-4-14(17)5-7-15;/h3-8,11H,2,9-10,12-13H2,1H3,(H2,18,19,20);1H. The lowest BCUT2D eigenvalue weighted by atomic mass is 10.4. The Morgan fingerprint density at radius 1 is 1.29 bits per heavy atom. The van der Waals surface area contributed by atoms with E-state index in [9.17, 15) is 0 Å². The van der Waals surface area contributed by atoms with Crippen LogP contribution in [0.3, 0.4) is 0 Å². The average Bonchev–Trinajstić information content (AvgIpc) is 3.06. The van der Waals surface area contributed by atoms with Crippen molar-refractivity contribution in [1.82, 2.24) is 20.4 Å². The number of rotatable bonds is 8. The molecule has 5 nitrogen and oxygen atoms in total. The van der Waals surface area contributed by atoms with E-state index in [4.69, 9.17) is 11.6 Å². The van der Waals surface area contributed by atoms with E-state index < -0.39 is 0 Å². The van der Waals surface area contributed by atoms with Crippen molar-refractivity contribution in [2.24, 2.45) is 4.99 Å². The van der Waals surface area contributed by atoms with Crippen LogP contribution < -0.4 is 10.6 Å². The van der Waals surface area contributed by atoms with Crippen molar-refractivity contribution in [1.29, 1.82) is 0 Å². The highest BCUT2D eigenvalue weighted by molar-refractivity contribution is 14.0. The molecule has 0 atom stereocenters. The molecule has 0 aliphatic heterocycles. The van der Waals surface area contributed by atoms with Crippen LogP contribution >= 0.6 is 47.3 Å². The monoisotopic (exact) mass is 479 g/mol. The van der Waals surface area contributed by atoms with E-state index in [1.165, 1.54) is 4.90 Å². The molecular formula is C16H23ClIN5S. The lowest BCUT2D eigenvalue weighted by Gasteiger charge is -2.11. The van der Waals surface area contributed by atoms with Crippen molar-refractivity contribution in [3.8, 4) is 0 Å². The summed E-state index contributed by atoms with van der Waals surface area (Å²) in [4.78, 5) is 5.77. The fourth-order valence-electron chi connectivity index (χ4n) is 1.91. The molecule has 2 rings (SSSR count). The van der Waals surface area contributed by atoms with Gasteiger partial charge in [0.15, 0.2) is 5.96 Å². The van der Waals surface area contributed by atoms with Gasteiger partial charge in [-0.2, -0.15) is 5.10 Å². The summed E-state index contributed by atoms with van der Waals surface area (Å²) < 4.78 is 1.88. The molecule has 0 aliphatic carbocycles. The van der Waals surface area contributed by atoms with Gasteiger partial charge in [-0.05, 0) is 37.3 Å². The van der Waals surface area contributed by atoms with Crippen LogP contribution in [0.4, 0.5) is 0 Å². The van der Waals surface area contributed by atoms with E-state index in [0.717, 1.165) is 36.4 Å². The second-order valence-electron chi connectivity index (χ2n) is 4.76. The smallest absolute Gasteiger partial charge is 0.191 e. The third-order valence-electron chi connectivity index (χ3n) is 2.98. The third kappa shape index (κ3) is 8.25. The quantitative estimate of drug-likeness (QED) is 0.200. The largest absolute Gasteiger partial charge is 0.357 e. The number of halogens is 2. The molecule has 2 aromatic rings. The molecule has 1 aromatic heterocycles. The molecule has 0 saturated carbocycles. The van der Waals surface area contributed by atoms with Gasteiger partial charge in [-0.1, -0.05) is 11.6 Å². The molecule has 0 amide bonds. The molecule has 132 valence electrons. The van der Waals surface area contributed by atoms with Crippen molar-refractivity contribution in [3.05, 3.63) is 47.7 Å². The maximum Gasteiger partial charge on any atom is 0.191 e. The van der Waals surface area contributed by atoms with Crippen molar-refractivity contribution < 1.29 is 0 Å². The molecule has 8 heteroatoms. The number of guanidine groups is 1. The van der Waals surface area contributed by atoms with Crippen LogP contribution in [0.5, 0.6) is 0 Å². The minimum absolute atomic E-state index is 0. The molecule has 0 aliphatic rings. The lowest BCUT2D eigenvalue weighted by Crippen LogP contribution is -2.38. The zero-order valence-corrected chi connectivity index (χ0v) is 17.5. The molecule has 0 radical (unpaired) electrons. The van der Waals surface area contributed by atoms with Crippen molar-refractivity contribution in [3.63, 3.8) is 0 Å². The molecule has 24 heavy (non-hydrogen) atoms. The van der Waals surface area contributed by atoms with Crippen LogP contribution in [0.25, 0.3) is 0 Å². The zero-order valence-electron chi connectivity index (χ0n) is 13.6. The first-order valence-corrected chi connectivity index (χ1v) is 9.02. The number of thioether (sulfide) groups is 1. The van der Waals surface area contributed by atoms with E-state index in [0.29, 0.717) is 6.54 Å². The van der Waals surface area contributed by atoms with Crippen LogP contribution in [0.1, 0.15) is 6.92 Å². The van der Waals surface area contributed by atoms with E-state index in [-0.39, 0.29) is 24.0 Å². The molecule has 1 aromatic carbocycles. The van der Waals surface area contributed by atoms with Crippen molar-refractivity contribution >= 4 is 53.3 Å². The van der Waals surface area contributed by atoms with Gasteiger partial charge >= 0.3 is 0 Å². The van der Waals surface area contributed by atoms with Crippen LogP contribution in [-0.2, 0) is 6.54 Å². The highest BCUT2D eigenvalue weighted by Gasteiger charge is 1.98. The summed E-state index contributed by atoms with van der Waals surface area (Å²) in [6.07, 6.45) is 3.72. The number of aromatic nitrogens is 2. The Bertz CT molecular complexity index is 589. The summed E-state index contributed by atoms with van der Waals surface area (Å²) in [7, 11) is 0. The predicted molar refractivity (Wildman–Crippen MR) is 114 cm³/mol. The van der Waals surface area contributed by atoms with Gasteiger partial charge in [-0.15, -0.1) is 35.7 Å². The molecule has 2 N–H and O–H groups in total. The summed E-state index contributed by atoms with van der Waals surface area (Å²) >= 11 is 7.68. The molecule has 0 saturated heterocycles. The first-order valence-electron chi connectivity index (χ1n) is 7.66. The van der Waals surface area contributed by atoms with Crippen LogP contribution in [0, 0.1) is 0 Å². The predicted octanol–water partition coefficient (Wildman–Crippen LogP) is 3.50. The van der Waals surface area contributed by atoms with E-state index in [1.54, 1.807) is 18.0 Å². The van der Waals surface area contributed by atoms with Crippen molar-refractivity contribution in [2.75, 3.05) is 25.4 Å². The Morgan fingerprint density at radius 3 is 2.75 bits per heavy atom. The fraction of sp³-hybridized carbons (Fsp3) is 0.375. The number of aliphatic imine (C=N–C) groups is 1. The Kier molecular flexibility index (Phi) is 10.9. The minimum Gasteiger partial charge on any atom is -0.357 e. The number of hydrogen-bond acceptors (Lipinski definition) is 3. The van der Waals surface area contributed by atoms with Gasteiger partial charge in [-0.3, -0.25) is 9.67 Å². The lowest BCUT2D eigenvalue weighted by molar-refractivity contribution is 0.622. The maximum absolute atomic E-state index is 5.88. The van der Waals surface area contributed by atoms with Gasteiger partial charge in [0, 0.05) is 41.2 Å². The number of nitrogens with one attached hydrogen (secondary N) is 2. The number of hydrogen-bond donors (Lipinski definition) is 2. The third-order valence-corrected chi connectivity index (χ3v) is 4.25. The first-order chi connectivity index (χ1) is 11.3. The van der Waals surface area contributed by atoms with Gasteiger partial charge in [0.05, 0.1) is 13.1 Å². The number of nitrogens with zero attached hydrogens (tertiary/aromatic N) is 3. The Labute approximate surface area is 169 Å². The van der Waals surface area contributed by atoms with Crippen LogP contribution in [-0.4, -0.2) is 41.1 Å². The van der Waals surface area contributed by atoms with Crippen LogP contribution in [0.15, 0.2) is 52.6 Å². The Balaban J connectivity index is 0.00000288. The van der Waals surface area contributed by atoms with Gasteiger partial charge in [-0.25, -0.2) is 0 Å². The molecule has 0 unspecified atom stereocenters. The fourth-order valence-corrected chi connectivity index (χ4v) is 2.80. The highest BCUT2D eigenvalue weighted by atomic mass is 127. The summed E-state index contributed by atoms with van der Waals surface area (Å²) in [6, 6.07) is 9.82. The summed E-state index contributed by atoms with van der Waals surface area (Å²) in [5.41, 5.74) is 0. The van der Waals surface area contributed by atoms with E-state index in [2.05, 4.69) is 27.6 Å². The summed E-state index contributed by atoms with van der Waals surface area (Å²) in [6.45, 7) is 5.23. The Hall–Kier alpha value is -0.930. The molecular weight excluding hydrogens is 457 g/mol. The SMILES string of the molecule is CCNC(=NCCn1cccn1)NCCSc1ccc(Cl)cc1.I. The number of benzene rings is 1. The maximum atomic E-state index is 5.88. The highest BCUT2D eigenvalue weighted by Crippen LogP contribution is 2.19. The van der Waals surface area contributed by atoms with Crippen LogP contribution in [0.2, 0.25) is 5.02 Å². The summed E-state index contributed by atoms with van der Waals surface area (Å²) in [5.74, 6) is 1.81. The van der Waals surface area contributed by atoms with Gasteiger partial charge < -0.3 is 10.6 Å². The van der Waals surface area contributed by atoms with E-state index >= 15 is 0 Å². The van der Waals surface area contributed by atoms with Gasteiger partial charge in [0.1, 0.15) is 0 Å². The van der Waals surface area contributed by atoms with Crippen molar-refractivity contribution in [2.45, 2.75) is 18.4 Å². The molecule has 0 spiro atoms. The normalized spacial score (nSPS) is 11.0. The molecule has 0 bridgehead atoms. The second kappa shape index (κ2) is 12.4.